The van der Waals surface area contributed by atoms with E-state index in [0.29, 0.717) is 12.3 Å². The molecular weight excluding hydrogens is 212 g/mol. The van der Waals surface area contributed by atoms with Crippen molar-refractivity contribution in [3.63, 3.8) is 0 Å². The van der Waals surface area contributed by atoms with Gasteiger partial charge in [0.05, 0.1) is 25.8 Å². The molecule has 1 aromatic heterocycles. The van der Waals surface area contributed by atoms with Gasteiger partial charge in [-0.3, -0.25) is 10.1 Å². The topological polar surface area (TPSA) is 77.5 Å². The Hall–Kier alpha value is -1.40. The van der Waals surface area contributed by atoms with E-state index >= 15 is 0 Å². The van der Waals surface area contributed by atoms with Crippen molar-refractivity contribution in [2.75, 3.05) is 19.8 Å². The van der Waals surface area contributed by atoms with Crippen LogP contribution in [0, 0.1) is 15.5 Å². The quantitative estimate of drug-likeness (QED) is 0.605. The van der Waals surface area contributed by atoms with E-state index in [-0.39, 0.29) is 11.3 Å². The van der Waals surface area contributed by atoms with E-state index in [1.807, 2.05) is 0 Å². The zero-order valence-electron chi connectivity index (χ0n) is 9.06. The van der Waals surface area contributed by atoms with Gasteiger partial charge in [0.2, 0.25) is 0 Å². The van der Waals surface area contributed by atoms with Crippen molar-refractivity contribution in [2.45, 2.75) is 13.5 Å². The molecule has 2 heterocycles. The summed E-state index contributed by atoms with van der Waals surface area (Å²) in [4.78, 5) is 9.84. The Morgan fingerprint density at radius 3 is 2.81 bits per heavy atom. The maximum absolute atomic E-state index is 10.4. The van der Waals surface area contributed by atoms with Gasteiger partial charge in [-0.25, -0.2) is 0 Å². The second-order valence-corrected chi connectivity index (χ2v) is 4.40. The Kier molecular flexibility index (Phi) is 2.93. The highest BCUT2D eigenvalue weighted by Gasteiger charge is 2.32. The van der Waals surface area contributed by atoms with Crippen molar-refractivity contribution in [1.29, 1.82) is 0 Å². The molecule has 16 heavy (non-hydrogen) atoms. The zero-order valence-corrected chi connectivity index (χ0v) is 9.06. The summed E-state index contributed by atoms with van der Waals surface area (Å²) in [7, 11) is 0. The largest absolute Gasteiger partial charge is 0.433 e. The monoisotopic (exact) mass is 226 g/mol. The average molecular weight is 226 g/mol. The molecule has 1 N–H and O–H groups in total. The third-order valence-electron chi connectivity index (χ3n) is 2.58. The van der Waals surface area contributed by atoms with E-state index in [1.54, 1.807) is 6.07 Å². The van der Waals surface area contributed by atoms with Gasteiger partial charge >= 0.3 is 5.88 Å². The number of nitrogens with zero attached hydrogens (tertiary/aromatic N) is 1. The number of hydrogen-bond acceptors (Lipinski definition) is 5. The molecule has 1 aliphatic heterocycles. The predicted octanol–water partition coefficient (Wildman–Crippen LogP) is 1.31. The van der Waals surface area contributed by atoms with Crippen LogP contribution in [0.2, 0.25) is 0 Å². The summed E-state index contributed by atoms with van der Waals surface area (Å²) in [5.74, 6) is 0.366. The van der Waals surface area contributed by atoms with E-state index in [2.05, 4.69) is 12.2 Å². The molecule has 1 fully saturated rings. The lowest BCUT2D eigenvalue weighted by molar-refractivity contribution is -0.402. The lowest BCUT2D eigenvalue weighted by Gasteiger charge is -2.38. The van der Waals surface area contributed by atoms with Gasteiger partial charge in [0, 0.05) is 12.0 Å². The van der Waals surface area contributed by atoms with Gasteiger partial charge in [-0.2, -0.15) is 0 Å². The summed E-state index contributed by atoms with van der Waals surface area (Å²) in [6, 6.07) is 2.98. The van der Waals surface area contributed by atoms with Crippen LogP contribution in [-0.2, 0) is 11.3 Å². The summed E-state index contributed by atoms with van der Waals surface area (Å²) in [6.45, 7) is 4.98. The van der Waals surface area contributed by atoms with Crippen molar-refractivity contribution in [2.24, 2.45) is 5.41 Å². The second kappa shape index (κ2) is 4.23. The molecule has 1 aliphatic rings. The van der Waals surface area contributed by atoms with E-state index in [0.717, 1.165) is 19.8 Å². The summed E-state index contributed by atoms with van der Waals surface area (Å²) in [5.41, 5.74) is 0.193. The van der Waals surface area contributed by atoms with Crippen molar-refractivity contribution in [3.05, 3.63) is 28.0 Å². The van der Waals surface area contributed by atoms with Crippen molar-refractivity contribution >= 4 is 5.88 Å². The normalized spacial score (nSPS) is 18.1. The summed E-state index contributed by atoms with van der Waals surface area (Å²) < 4.78 is 10.1. The molecule has 0 spiro atoms. The van der Waals surface area contributed by atoms with E-state index in [4.69, 9.17) is 9.15 Å². The van der Waals surface area contributed by atoms with Crippen LogP contribution in [0.5, 0.6) is 0 Å². The highest BCUT2D eigenvalue weighted by atomic mass is 16.6. The van der Waals surface area contributed by atoms with Crippen LogP contribution in [0.1, 0.15) is 12.7 Å². The molecule has 0 atom stereocenters. The van der Waals surface area contributed by atoms with Gasteiger partial charge in [0.15, 0.2) is 0 Å². The van der Waals surface area contributed by atoms with Crippen LogP contribution < -0.4 is 5.32 Å². The van der Waals surface area contributed by atoms with Gasteiger partial charge in [-0.05, 0) is 6.07 Å². The lowest BCUT2D eigenvalue weighted by atomic mass is 9.89. The van der Waals surface area contributed by atoms with Crippen LogP contribution in [-0.4, -0.2) is 24.7 Å². The minimum Gasteiger partial charge on any atom is -0.404 e. The number of furan rings is 1. The van der Waals surface area contributed by atoms with E-state index in [9.17, 15) is 10.1 Å². The van der Waals surface area contributed by atoms with Crippen molar-refractivity contribution < 1.29 is 14.1 Å². The van der Waals surface area contributed by atoms with E-state index in [1.165, 1.54) is 6.07 Å². The van der Waals surface area contributed by atoms with E-state index < -0.39 is 4.92 Å². The second-order valence-electron chi connectivity index (χ2n) is 4.40. The Morgan fingerprint density at radius 2 is 2.31 bits per heavy atom. The highest BCUT2D eigenvalue weighted by molar-refractivity contribution is 5.17. The molecule has 6 heteroatoms. The Balaban J connectivity index is 1.78. The smallest absolute Gasteiger partial charge is 0.404 e. The molecular formula is C10H14N2O4. The SMILES string of the molecule is CC1(CNCc2ccc([N+](=O)[O-])o2)COC1. The fraction of sp³-hybridized carbons (Fsp3) is 0.600. The molecule has 0 bridgehead atoms. The van der Waals surface area contributed by atoms with Crippen LogP contribution in [0.15, 0.2) is 16.5 Å². The minimum absolute atomic E-state index is 0.193. The van der Waals surface area contributed by atoms with Crippen LogP contribution in [0.25, 0.3) is 0 Å². The zero-order chi connectivity index (χ0) is 11.6. The Labute approximate surface area is 92.7 Å². The molecule has 0 saturated carbocycles. The maximum Gasteiger partial charge on any atom is 0.433 e. The molecule has 0 aliphatic carbocycles. The summed E-state index contributed by atoms with van der Waals surface area (Å²) >= 11 is 0. The Morgan fingerprint density at radius 1 is 1.56 bits per heavy atom. The fourth-order valence-electron chi connectivity index (χ4n) is 1.60. The maximum atomic E-state index is 10.4. The molecule has 0 amide bonds. The standard InChI is InChI=1S/C10H14N2O4/c1-10(6-15-7-10)5-11-4-8-2-3-9(16-8)12(13)14/h2-3,11H,4-7H2,1H3. The number of nitrogens with one attached hydrogen (secondary N) is 1. The first kappa shape index (κ1) is 11.1. The summed E-state index contributed by atoms with van der Waals surface area (Å²) in [6.07, 6.45) is 0. The first-order valence-corrected chi connectivity index (χ1v) is 5.11. The number of hydrogen-bond donors (Lipinski definition) is 1. The molecule has 0 aromatic carbocycles. The summed E-state index contributed by atoms with van der Waals surface area (Å²) in [5, 5.41) is 13.6. The molecule has 2 rings (SSSR count). The number of rotatable bonds is 5. The predicted molar refractivity (Wildman–Crippen MR) is 56.0 cm³/mol. The molecule has 1 aromatic rings. The average Bonchev–Trinajstić information content (AvgIpc) is 2.64. The third-order valence-corrected chi connectivity index (χ3v) is 2.58. The van der Waals surface area contributed by atoms with Gasteiger partial charge in [-0.15, -0.1) is 0 Å². The van der Waals surface area contributed by atoms with Gasteiger partial charge < -0.3 is 14.5 Å². The lowest BCUT2D eigenvalue weighted by Crippen LogP contribution is -2.47. The third kappa shape index (κ3) is 2.40. The first-order valence-electron chi connectivity index (χ1n) is 5.11. The first-order chi connectivity index (χ1) is 7.59. The van der Waals surface area contributed by atoms with Crippen LogP contribution in [0.4, 0.5) is 5.88 Å². The van der Waals surface area contributed by atoms with Crippen LogP contribution in [0.3, 0.4) is 0 Å². The van der Waals surface area contributed by atoms with Crippen molar-refractivity contribution in [1.82, 2.24) is 5.32 Å². The van der Waals surface area contributed by atoms with Gasteiger partial charge in [-0.1, -0.05) is 6.92 Å². The Bertz CT molecular complexity index is 384. The highest BCUT2D eigenvalue weighted by Crippen LogP contribution is 2.25. The van der Waals surface area contributed by atoms with Gasteiger partial charge in [0.1, 0.15) is 10.7 Å². The molecule has 0 radical (unpaired) electrons. The van der Waals surface area contributed by atoms with Crippen molar-refractivity contribution in [3.8, 4) is 0 Å². The minimum atomic E-state index is -0.537. The molecule has 1 saturated heterocycles. The fourth-order valence-corrected chi connectivity index (χ4v) is 1.60. The van der Waals surface area contributed by atoms with Gasteiger partial charge in [0.25, 0.3) is 0 Å². The number of nitro groups is 1. The number of ether oxygens (including phenoxy) is 1. The molecule has 88 valence electrons. The molecule has 6 nitrogen and oxygen atoms in total. The van der Waals surface area contributed by atoms with Crippen LogP contribution >= 0.6 is 0 Å². The molecule has 0 unspecified atom stereocenters.